The van der Waals surface area contributed by atoms with Crippen LogP contribution < -0.4 is 5.32 Å². The maximum Gasteiger partial charge on any atom is 0.259 e. The Kier molecular flexibility index (Phi) is 8.22. The zero-order valence-corrected chi connectivity index (χ0v) is 26.3. The molecule has 1 aliphatic carbocycles. The van der Waals surface area contributed by atoms with Gasteiger partial charge in [-0.1, -0.05) is 55.6 Å². The van der Waals surface area contributed by atoms with Gasteiger partial charge in [-0.25, -0.2) is 4.99 Å². The predicted molar refractivity (Wildman–Crippen MR) is 171 cm³/mol. The molecule has 0 saturated heterocycles. The normalized spacial score (nSPS) is 15.4. The van der Waals surface area contributed by atoms with Crippen molar-refractivity contribution in [2.24, 2.45) is 16.3 Å². The van der Waals surface area contributed by atoms with Gasteiger partial charge in [-0.2, -0.15) is 0 Å². The Hall–Kier alpha value is -2.57. The molecule has 0 unspecified atom stereocenters. The van der Waals surface area contributed by atoms with Gasteiger partial charge < -0.3 is 9.88 Å². The molecule has 1 N–H and O–H groups in total. The van der Waals surface area contributed by atoms with Crippen LogP contribution >= 0.6 is 46.1 Å². The average Bonchev–Trinajstić information content (AvgIpc) is 3.40. The molecule has 208 valence electrons. The van der Waals surface area contributed by atoms with E-state index in [0.717, 1.165) is 52.5 Å². The highest BCUT2D eigenvalue weighted by Gasteiger charge is 2.33. The molecule has 4 nitrogen and oxygen atoms in total. The standard InChI is InChI=1S/C32H32Cl3N3OS/c1-18-14-20(19(2)38(18)24-11-13-26(34)27(35)16-24)17-36-31-29(30(39)37-23-9-7-22(33)8-10-23)25-12-6-21(32(3,4)5)15-28(25)40-31/h7-11,13-14,16-17,21H,6,12,15H2,1-5H3,(H,37,39)/t21-/m1/s1. The summed E-state index contributed by atoms with van der Waals surface area (Å²) in [6, 6.07) is 14.9. The number of benzene rings is 2. The van der Waals surface area contributed by atoms with Gasteiger partial charge in [0.1, 0.15) is 5.00 Å². The number of fused-ring (bicyclic) bond motifs is 1. The Morgan fingerprint density at radius 3 is 2.45 bits per heavy atom. The molecule has 0 fully saturated rings. The maximum absolute atomic E-state index is 13.7. The lowest BCUT2D eigenvalue weighted by Crippen LogP contribution is -2.27. The van der Waals surface area contributed by atoms with E-state index in [4.69, 9.17) is 39.8 Å². The van der Waals surface area contributed by atoms with Gasteiger partial charge in [-0.3, -0.25) is 4.79 Å². The predicted octanol–water partition coefficient (Wildman–Crippen LogP) is 10.3. The molecule has 8 heteroatoms. The molecule has 0 aliphatic heterocycles. The number of amides is 1. The number of nitrogens with one attached hydrogen (secondary N) is 1. The minimum atomic E-state index is -0.137. The van der Waals surface area contributed by atoms with Crippen molar-refractivity contribution >= 4 is 68.9 Å². The zero-order chi connectivity index (χ0) is 28.8. The second kappa shape index (κ2) is 11.4. The molecule has 2 aromatic carbocycles. The fourth-order valence-corrected chi connectivity index (χ4v) is 7.12. The minimum Gasteiger partial charge on any atom is -0.322 e. The molecule has 0 spiro atoms. The quantitative estimate of drug-likeness (QED) is 0.224. The molecule has 0 radical (unpaired) electrons. The number of aliphatic imine (C=N–C) groups is 1. The molecule has 2 heterocycles. The van der Waals surface area contributed by atoms with E-state index in [1.807, 2.05) is 37.4 Å². The number of aryl methyl sites for hydroxylation is 1. The lowest BCUT2D eigenvalue weighted by molar-refractivity contribution is 0.102. The second-order valence-electron chi connectivity index (χ2n) is 11.5. The van der Waals surface area contributed by atoms with Crippen LogP contribution in [0.2, 0.25) is 15.1 Å². The van der Waals surface area contributed by atoms with Crippen LogP contribution in [0.25, 0.3) is 5.69 Å². The molecule has 4 aromatic rings. The van der Waals surface area contributed by atoms with Crippen LogP contribution in [0.15, 0.2) is 53.5 Å². The Morgan fingerprint density at radius 2 is 1.77 bits per heavy atom. The summed E-state index contributed by atoms with van der Waals surface area (Å²) in [5.41, 5.74) is 6.72. The van der Waals surface area contributed by atoms with Crippen molar-refractivity contribution in [3.8, 4) is 5.69 Å². The number of carbonyl (C=O) groups is 1. The Morgan fingerprint density at radius 1 is 1.05 bits per heavy atom. The monoisotopic (exact) mass is 611 g/mol. The van der Waals surface area contributed by atoms with Crippen molar-refractivity contribution in [2.45, 2.75) is 53.9 Å². The van der Waals surface area contributed by atoms with E-state index in [-0.39, 0.29) is 11.3 Å². The summed E-state index contributed by atoms with van der Waals surface area (Å²) in [5.74, 6) is 0.426. The van der Waals surface area contributed by atoms with Crippen molar-refractivity contribution in [3.05, 3.63) is 96.6 Å². The van der Waals surface area contributed by atoms with Crippen LogP contribution in [0.3, 0.4) is 0 Å². The third-order valence-electron chi connectivity index (χ3n) is 7.75. The van der Waals surface area contributed by atoms with Crippen molar-refractivity contribution in [1.29, 1.82) is 0 Å². The van der Waals surface area contributed by atoms with Crippen LogP contribution in [0.1, 0.15) is 64.9 Å². The molecular formula is C32H32Cl3N3OS. The van der Waals surface area contributed by atoms with Crippen LogP contribution in [-0.2, 0) is 12.8 Å². The number of thiophene rings is 1. The number of halogens is 3. The maximum atomic E-state index is 13.7. The van der Waals surface area contributed by atoms with Crippen LogP contribution in [0.4, 0.5) is 10.7 Å². The summed E-state index contributed by atoms with van der Waals surface area (Å²) in [6.07, 6.45) is 4.76. The van der Waals surface area contributed by atoms with Crippen LogP contribution in [0.5, 0.6) is 0 Å². The highest BCUT2D eigenvalue weighted by molar-refractivity contribution is 7.16. The number of aromatic nitrogens is 1. The number of hydrogen-bond acceptors (Lipinski definition) is 3. The van der Waals surface area contributed by atoms with Gasteiger partial charge in [0.05, 0.1) is 15.6 Å². The molecule has 1 amide bonds. The first-order valence-electron chi connectivity index (χ1n) is 13.3. The zero-order valence-electron chi connectivity index (χ0n) is 23.2. The Balaban J connectivity index is 1.52. The van der Waals surface area contributed by atoms with E-state index in [1.54, 1.807) is 29.5 Å². The molecular weight excluding hydrogens is 581 g/mol. The molecule has 5 rings (SSSR count). The minimum absolute atomic E-state index is 0.137. The lowest BCUT2D eigenvalue weighted by Gasteiger charge is -2.33. The molecule has 2 aromatic heterocycles. The van der Waals surface area contributed by atoms with Gasteiger partial charge in [0, 0.05) is 44.4 Å². The number of rotatable bonds is 5. The number of carbonyl (C=O) groups excluding carboxylic acids is 1. The summed E-state index contributed by atoms with van der Waals surface area (Å²) < 4.78 is 2.13. The van der Waals surface area contributed by atoms with Crippen molar-refractivity contribution in [1.82, 2.24) is 4.57 Å². The third kappa shape index (κ3) is 5.89. The topological polar surface area (TPSA) is 46.4 Å². The number of hydrogen-bond donors (Lipinski definition) is 1. The first-order chi connectivity index (χ1) is 18.9. The van der Waals surface area contributed by atoms with E-state index in [2.05, 4.69) is 43.6 Å². The summed E-state index contributed by atoms with van der Waals surface area (Å²) in [4.78, 5) is 19.9. The lowest BCUT2D eigenvalue weighted by atomic mass is 9.72. The van der Waals surface area contributed by atoms with E-state index >= 15 is 0 Å². The summed E-state index contributed by atoms with van der Waals surface area (Å²) in [5, 5.41) is 5.47. The van der Waals surface area contributed by atoms with Gasteiger partial charge in [-0.05, 0) is 98.5 Å². The Bertz CT molecular complexity index is 1610. The molecule has 0 bridgehead atoms. The largest absolute Gasteiger partial charge is 0.322 e. The summed E-state index contributed by atoms with van der Waals surface area (Å²) in [6.45, 7) is 11.0. The van der Waals surface area contributed by atoms with Gasteiger partial charge in [0.15, 0.2) is 0 Å². The van der Waals surface area contributed by atoms with Gasteiger partial charge >= 0.3 is 0 Å². The fourth-order valence-electron chi connectivity index (χ4n) is 5.43. The average molecular weight is 613 g/mol. The van der Waals surface area contributed by atoms with Crippen LogP contribution in [-0.4, -0.2) is 16.7 Å². The van der Waals surface area contributed by atoms with Crippen molar-refractivity contribution < 1.29 is 4.79 Å². The summed E-state index contributed by atoms with van der Waals surface area (Å²) >= 11 is 20.1. The number of nitrogens with zero attached hydrogens (tertiary/aromatic N) is 2. The van der Waals surface area contributed by atoms with E-state index in [1.165, 1.54) is 4.88 Å². The van der Waals surface area contributed by atoms with Crippen molar-refractivity contribution in [3.63, 3.8) is 0 Å². The smallest absolute Gasteiger partial charge is 0.259 e. The molecule has 40 heavy (non-hydrogen) atoms. The fraction of sp³-hybridized carbons (Fsp3) is 0.312. The van der Waals surface area contributed by atoms with Crippen molar-refractivity contribution in [2.75, 3.05) is 5.32 Å². The van der Waals surface area contributed by atoms with Crippen LogP contribution in [0, 0.1) is 25.2 Å². The number of anilines is 1. The van der Waals surface area contributed by atoms with E-state index in [0.29, 0.717) is 32.2 Å². The van der Waals surface area contributed by atoms with Gasteiger partial charge in [0.2, 0.25) is 0 Å². The highest BCUT2D eigenvalue weighted by Crippen LogP contribution is 2.45. The SMILES string of the molecule is Cc1cc(C=Nc2sc3c(c2C(=O)Nc2ccc(Cl)cc2)CC[C@@H](C(C)(C)C)C3)c(C)n1-c1ccc(Cl)c(Cl)c1. The van der Waals surface area contributed by atoms with Gasteiger partial charge in [-0.15, -0.1) is 11.3 Å². The third-order valence-corrected chi connectivity index (χ3v) is 9.91. The Labute approximate surface area is 255 Å². The molecule has 1 atom stereocenters. The van der Waals surface area contributed by atoms with E-state index < -0.39 is 0 Å². The second-order valence-corrected chi connectivity index (χ2v) is 13.8. The first kappa shape index (κ1) is 28.9. The van der Waals surface area contributed by atoms with Gasteiger partial charge in [0.25, 0.3) is 5.91 Å². The molecule has 0 saturated carbocycles. The first-order valence-corrected chi connectivity index (χ1v) is 15.3. The van der Waals surface area contributed by atoms with E-state index in [9.17, 15) is 4.79 Å². The summed E-state index contributed by atoms with van der Waals surface area (Å²) in [7, 11) is 0. The highest BCUT2D eigenvalue weighted by atomic mass is 35.5. The molecule has 1 aliphatic rings.